The summed E-state index contributed by atoms with van der Waals surface area (Å²) in [6.07, 6.45) is 10.6. The number of unbranched alkanes of at least 4 members (excludes halogenated alkanes) is 2. The fourth-order valence-corrected chi connectivity index (χ4v) is 1.42. The molecule has 0 spiro atoms. The second-order valence-electron chi connectivity index (χ2n) is 4.22. The van der Waals surface area contributed by atoms with Gasteiger partial charge in [0.25, 0.3) is 0 Å². The van der Waals surface area contributed by atoms with Gasteiger partial charge < -0.3 is 21.9 Å². The molecule has 0 aliphatic heterocycles. The summed E-state index contributed by atoms with van der Waals surface area (Å²) in [5.41, 5.74) is 0. The summed E-state index contributed by atoms with van der Waals surface area (Å²) in [4.78, 5) is 0. The lowest BCUT2D eigenvalue weighted by molar-refractivity contribution is -0.732. The Morgan fingerprint density at radius 3 is 2.39 bits per heavy atom. The number of halogens is 1. The molecule has 0 bridgehead atoms. The second kappa shape index (κ2) is 11.5. The van der Waals surface area contributed by atoms with Crippen LogP contribution >= 0.6 is 0 Å². The zero-order valence-corrected chi connectivity index (χ0v) is 12.2. The van der Waals surface area contributed by atoms with Crippen LogP contribution in [0.5, 0.6) is 0 Å². The van der Waals surface area contributed by atoms with Gasteiger partial charge in [-0.15, -0.1) is 0 Å². The summed E-state index contributed by atoms with van der Waals surface area (Å²) < 4.78 is 15.1. The summed E-state index contributed by atoms with van der Waals surface area (Å²) >= 11 is 0. The molecule has 0 atom stereocenters. The molecule has 0 unspecified atom stereocenters. The highest BCUT2D eigenvalue weighted by atomic mass is 35.5. The number of imidazole rings is 1. The summed E-state index contributed by atoms with van der Waals surface area (Å²) in [6, 6.07) is 0. The van der Waals surface area contributed by atoms with Crippen LogP contribution in [0.1, 0.15) is 39.5 Å². The Hall–Kier alpha value is -0.580. The topological polar surface area (TPSA) is 27.3 Å². The highest BCUT2D eigenvalue weighted by Gasteiger charge is 2.02. The van der Waals surface area contributed by atoms with Crippen LogP contribution in [-0.2, 0) is 22.9 Å². The Labute approximate surface area is 116 Å². The molecular formula is C13H25ClN2O2. The summed E-state index contributed by atoms with van der Waals surface area (Å²) in [7, 11) is 0. The normalized spacial score (nSPS) is 10.3. The molecule has 0 fully saturated rings. The van der Waals surface area contributed by atoms with Gasteiger partial charge in [-0.2, -0.15) is 0 Å². The maximum Gasteiger partial charge on any atom is 0.247 e. The minimum absolute atomic E-state index is 0. The van der Waals surface area contributed by atoms with Gasteiger partial charge in [0.1, 0.15) is 12.4 Å². The van der Waals surface area contributed by atoms with E-state index in [0.717, 1.165) is 26.1 Å². The molecule has 0 saturated heterocycles. The average Bonchev–Trinajstić information content (AvgIpc) is 2.78. The molecule has 1 rings (SSSR count). The van der Waals surface area contributed by atoms with Gasteiger partial charge in [-0.25, -0.2) is 9.13 Å². The van der Waals surface area contributed by atoms with Crippen LogP contribution in [0.25, 0.3) is 0 Å². The van der Waals surface area contributed by atoms with E-state index in [0.29, 0.717) is 13.5 Å². The average molecular weight is 277 g/mol. The molecule has 4 nitrogen and oxygen atoms in total. The fraction of sp³-hybridized carbons (Fsp3) is 0.769. The summed E-state index contributed by atoms with van der Waals surface area (Å²) in [5.74, 6) is 0. The maximum atomic E-state index is 5.53. The quantitative estimate of drug-likeness (QED) is 0.419. The van der Waals surface area contributed by atoms with Crippen LogP contribution in [0.2, 0.25) is 0 Å². The fourth-order valence-electron chi connectivity index (χ4n) is 1.42. The molecule has 0 saturated carbocycles. The molecule has 1 heterocycles. The highest BCUT2D eigenvalue weighted by Crippen LogP contribution is 1.92. The molecule has 1 aromatic rings. The monoisotopic (exact) mass is 276 g/mol. The van der Waals surface area contributed by atoms with E-state index in [1.165, 1.54) is 12.8 Å². The van der Waals surface area contributed by atoms with Crippen molar-refractivity contribution in [2.24, 2.45) is 0 Å². The van der Waals surface area contributed by atoms with Crippen molar-refractivity contribution < 1.29 is 26.4 Å². The molecule has 0 amide bonds. The van der Waals surface area contributed by atoms with Gasteiger partial charge in [0, 0.05) is 0 Å². The smallest absolute Gasteiger partial charge is 0.247 e. The Morgan fingerprint density at radius 2 is 1.72 bits per heavy atom. The molecular weight excluding hydrogens is 252 g/mol. The third-order valence-electron chi connectivity index (χ3n) is 2.51. The lowest BCUT2D eigenvalue weighted by Gasteiger charge is -2.00. The van der Waals surface area contributed by atoms with Crippen molar-refractivity contribution in [2.45, 2.75) is 53.0 Å². The van der Waals surface area contributed by atoms with E-state index in [1.807, 2.05) is 27.9 Å². The van der Waals surface area contributed by atoms with E-state index in [-0.39, 0.29) is 12.4 Å². The van der Waals surface area contributed by atoms with E-state index < -0.39 is 0 Å². The van der Waals surface area contributed by atoms with Gasteiger partial charge in [-0.05, 0) is 12.8 Å². The molecule has 0 aliphatic carbocycles. The Balaban J connectivity index is 0.00000289. The van der Waals surface area contributed by atoms with E-state index in [9.17, 15) is 0 Å². The zero-order valence-electron chi connectivity index (χ0n) is 11.5. The molecule has 5 heteroatoms. The van der Waals surface area contributed by atoms with Crippen LogP contribution in [0.4, 0.5) is 0 Å². The van der Waals surface area contributed by atoms with Gasteiger partial charge in [0.15, 0.2) is 13.5 Å². The molecule has 0 radical (unpaired) electrons. The zero-order chi connectivity index (χ0) is 12.3. The molecule has 0 N–H and O–H groups in total. The van der Waals surface area contributed by atoms with Gasteiger partial charge in [-0.1, -0.05) is 26.7 Å². The van der Waals surface area contributed by atoms with Crippen molar-refractivity contribution in [2.75, 3.05) is 13.2 Å². The second-order valence-corrected chi connectivity index (χ2v) is 4.22. The Morgan fingerprint density at radius 1 is 1.06 bits per heavy atom. The number of hydrogen-bond acceptors (Lipinski definition) is 2. The first-order valence-electron chi connectivity index (χ1n) is 6.57. The first-order chi connectivity index (χ1) is 8.36. The summed E-state index contributed by atoms with van der Waals surface area (Å²) in [6.45, 7) is 7.26. The minimum Gasteiger partial charge on any atom is -1.00 e. The van der Waals surface area contributed by atoms with Gasteiger partial charge in [0.05, 0.1) is 13.2 Å². The summed E-state index contributed by atoms with van der Waals surface area (Å²) in [5, 5.41) is 0. The molecule has 106 valence electrons. The third kappa shape index (κ3) is 7.69. The lowest BCUT2D eigenvalue weighted by atomic mass is 10.4. The van der Waals surface area contributed by atoms with Gasteiger partial charge in [-0.3, -0.25) is 0 Å². The number of aromatic nitrogens is 2. The Bertz CT molecular complexity index is 266. The van der Waals surface area contributed by atoms with Gasteiger partial charge in [0.2, 0.25) is 6.33 Å². The predicted molar refractivity (Wildman–Crippen MR) is 66.3 cm³/mol. The van der Waals surface area contributed by atoms with Crippen LogP contribution < -0.4 is 17.0 Å². The molecule has 0 aromatic carbocycles. The standard InChI is InChI=1S/C13H25N2O2.ClH/c1-3-5-9-16-12-14-7-8-15(11-14)13-17-10-6-4-2;/h7-8,11H,3-6,9-10,12-13H2,1-2H3;1H/q+1;/p-1. The molecule has 0 aliphatic rings. The van der Waals surface area contributed by atoms with Crippen LogP contribution in [0.3, 0.4) is 0 Å². The van der Waals surface area contributed by atoms with E-state index >= 15 is 0 Å². The number of rotatable bonds is 10. The first-order valence-corrected chi connectivity index (χ1v) is 6.57. The van der Waals surface area contributed by atoms with E-state index in [4.69, 9.17) is 9.47 Å². The van der Waals surface area contributed by atoms with Gasteiger partial charge >= 0.3 is 0 Å². The number of ether oxygens (including phenoxy) is 2. The number of hydrogen-bond donors (Lipinski definition) is 0. The van der Waals surface area contributed by atoms with Crippen molar-refractivity contribution in [1.29, 1.82) is 0 Å². The molecule has 1 aromatic heterocycles. The van der Waals surface area contributed by atoms with Crippen LogP contribution in [0, 0.1) is 0 Å². The van der Waals surface area contributed by atoms with Crippen LogP contribution in [-0.4, -0.2) is 17.8 Å². The van der Waals surface area contributed by atoms with E-state index in [1.54, 1.807) is 0 Å². The van der Waals surface area contributed by atoms with Crippen molar-refractivity contribution in [1.82, 2.24) is 4.57 Å². The lowest BCUT2D eigenvalue weighted by Crippen LogP contribution is -3.00. The van der Waals surface area contributed by atoms with Crippen molar-refractivity contribution >= 4 is 0 Å². The first kappa shape index (κ1) is 17.4. The maximum absolute atomic E-state index is 5.53. The van der Waals surface area contributed by atoms with Crippen molar-refractivity contribution in [3.05, 3.63) is 18.7 Å². The Kier molecular flexibility index (Phi) is 11.1. The third-order valence-corrected chi connectivity index (χ3v) is 2.51. The SMILES string of the molecule is CCCCOCn1cc[n+](COCCCC)c1.[Cl-]. The number of nitrogens with zero attached hydrogens (tertiary/aromatic N) is 2. The van der Waals surface area contributed by atoms with Crippen LogP contribution in [0.15, 0.2) is 18.7 Å². The van der Waals surface area contributed by atoms with Crippen molar-refractivity contribution in [3.63, 3.8) is 0 Å². The predicted octanol–water partition coefficient (Wildman–Crippen LogP) is -0.672. The van der Waals surface area contributed by atoms with E-state index in [2.05, 4.69) is 13.8 Å². The highest BCUT2D eigenvalue weighted by molar-refractivity contribution is 4.63. The largest absolute Gasteiger partial charge is 1.00 e. The molecule has 18 heavy (non-hydrogen) atoms. The van der Waals surface area contributed by atoms with Crippen molar-refractivity contribution in [3.8, 4) is 0 Å². The minimum atomic E-state index is 0.